The van der Waals surface area contributed by atoms with E-state index in [1.807, 2.05) is 18.2 Å². The maximum absolute atomic E-state index is 12.4. The van der Waals surface area contributed by atoms with Crippen LogP contribution in [-0.2, 0) is 16.1 Å². The second-order valence-corrected chi connectivity index (χ2v) is 6.65. The molecular formula is C18H23N3O3. The molecule has 0 spiro atoms. The molecule has 2 aliphatic rings. The van der Waals surface area contributed by atoms with Crippen molar-refractivity contribution in [3.63, 3.8) is 0 Å². The van der Waals surface area contributed by atoms with Crippen molar-refractivity contribution in [3.8, 4) is 0 Å². The van der Waals surface area contributed by atoms with Crippen molar-refractivity contribution < 1.29 is 14.4 Å². The molecule has 0 N–H and O–H groups in total. The molecule has 128 valence electrons. The van der Waals surface area contributed by atoms with Crippen LogP contribution in [0.4, 0.5) is 4.79 Å². The fourth-order valence-electron chi connectivity index (χ4n) is 3.63. The van der Waals surface area contributed by atoms with E-state index in [0.717, 1.165) is 42.3 Å². The molecule has 24 heavy (non-hydrogen) atoms. The summed E-state index contributed by atoms with van der Waals surface area (Å²) in [5.74, 6) is -1.42. The summed E-state index contributed by atoms with van der Waals surface area (Å²) in [7, 11) is 2.90. The van der Waals surface area contributed by atoms with E-state index in [2.05, 4.69) is 17.0 Å². The summed E-state index contributed by atoms with van der Waals surface area (Å²) < 4.78 is 0. The van der Waals surface area contributed by atoms with E-state index in [1.165, 1.54) is 19.7 Å². The van der Waals surface area contributed by atoms with Crippen LogP contribution in [0.25, 0.3) is 0 Å². The van der Waals surface area contributed by atoms with Crippen LogP contribution in [0.3, 0.4) is 0 Å². The molecule has 2 fully saturated rings. The summed E-state index contributed by atoms with van der Waals surface area (Å²) in [6.45, 7) is 2.61. The number of carbonyl (C=O) groups excluding carboxylic acids is 3. The summed E-state index contributed by atoms with van der Waals surface area (Å²) in [4.78, 5) is 41.1. The average Bonchev–Trinajstić information content (AvgIpc) is 2.61. The Morgan fingerprint density at radius 2 is 1.46 bits per heavy atom. The lowest BCUT2D eigenvalue weighted by Crippen LogP contribution is -2.59. The van der Waals surface area contributed by atoms with Gasteiger partial charge in [0, 0.05) is 20.6 Å². The monoisotopic (exact) mass is 329 g/mol. The third kappa shape index (κ3) is 3.06. The molecule has 6 nitrogen and oxygen atoms in total. The minimum absolute atomic E-state index is 0.00928. The van der Waals surface area contributed by atoms with E-state index in [4.69, 9.17) is 0 Å². The Kier molecular flexibility index (Phi) is 4.66. The molecule has 0 unspecified atom stereocenters. The van der Waals surface area contributed by atoms with Crippen LogP contribution >= 0.6 is 0 Å². The first kappa shape index (κ1) is 16.6. The Morgan fingerprint density at radius 1 is 0.917 bits per heavy atom. The first-order chi connectivity index (χ1) is 11.5. The molecule has 0 aromatic heterocycles. The summed E-state index contributed by atoms with van der Waals surface area (Å²) in [6, 6.07) is 9.74. The number of rotatable bonds is 3. The molecule has 6 heteroatoms. The number of likely N-dealkylation sites (tertiary alicyclic amines) is 1. The maximum Gasteiger partial charge on any atom is 0.332 e. The highest BCUT2D eigenvalue weighted by atomic mass is 16.2. The fourth-order valence-corrected chi connectivity index (χ4v) is 3.63. The van der Waals surface area contributed by atoms with Crippen molar-refractivity contribution >= 4 is 17.8 Å². The molecule has 2 aliphatic heterocycles. The Morgan fingerprint density at radius 3 is 2.00 bits per heavy atom. The molecule has 4 amide bonds. The zero-order chi connectivity index (χ0) is 17.3. The third-order valence-corrected chi connectivity index (χ3v) is 5.12. The number of benzene rings is 1. The van der Waals surface area contributed by atoms with Gasteiger partial charge in [-0.15, -0.1) is 0 Å². The number of nitrogens with zero attached hydrogens (tertiary/aromatic N) is 3. The van der Waals surface area contributed by atoms with Crippen molar-refractivity contribution in [1.29, 1.82) is 0 Å². The first-order valence-electron chi connectivity index (χ1n) is 8.34. The number of barbiturate groups is 1. The number of hydrogen-bond acceptors (Lipinski definition) is 4. The van der Waals surface area contributed by atoms with Gasteiger partial charge < -0.3 is 0 Å². The van der Waals surface area contributed by atoms with Crippen LogP contribution in [0.2, 0.25) is 0 Å². The molecule has 0 radical (unpaired) electrons. The van der Waals surface area contributed by atoms with Crippen molar-refractivity contribution in [3.05, 3.63) is 35.9 Å². The highest BCUT2D eigenvalue weighted by Crippen LogP contribution is 2.31. The normalized spacial score (nSPS) is 21.7. The molecular weight excluding hydrogens is 306 g/mol. The van der Waals surface area contributed by atoms with Gasteiger partial charge in [-0.1, -0.05) is 30.3 Å². The van der Waals surface area contributed by atoms with Crippen LogP contribution in [-0.4, -0.2) is 59.7 Å². The van der Waals surface area contributed by atoms with Gasteiger partial charge in [0.2, 0.25) is 11.8 Å². The predicted molar refractivity (Wildman–Crippen MR) is 88.9 cm³/mol. The Hall–Kier alpha value is -2.21. The van der Waals surface area contributed by atoms with E-state index in [9.17, 15) is 14.4 Å². The zero-order valence-electron chi connectivity index (χ0n) is 14.1. The van der Waals surface area contributed by atoms with Crippen LogP contribution in [0.1, 0.15) is 18.4 Å². The molecule has 0 aliphatic carbocycles. The fraction of sp³-hybridized carbons (Fsp3) is 0.500. The number of piperidine rings is 1. The largest absolute Gasteiger partial charge is 0.332 e. The second kappa shape index (κ2) is 6.73. The van der Waals surface area contributed by atoms with Gasteiger partial charge in [-0.25, -0.2) is 4.79 Å². The molecule has 2 saturated heterocycles. The molecule has 1 aromatic carbocycles. The smallest absolute Gasteiger partial charge is 0.299 e. The minimum Gasteiger partial charge on any atom is -0.299 e. The molecule has 0 atom stereocenters. The number of imide groups is 2. The van der Waals surface area contributed by atoms with Gasteiger partial charge in [-0.3, -0.25) is 24.3 Å². The molecule has 0 saturated carbocycles. The molecule has 0 bridgehead atoms. The summed E-state index contributed by atoms with van der Waals surface area (Å²) in [5, 5.41) is 0. The Bertz CT molecular complexity index is 614. The standard InChI is InChI=1S/C18H23N3O3/c1-19-16(22)15(17(23)20(2)18(19)24)14-8-10-21(11-9-14)12-13-6-4-3-5-7-13/h3-7,14-15H,8-12H2,1-2H3. The topological polar surface area (TPSA) is 60.9 Å². The quantitative estimate of drug-likeness (QED) is 0.790. The number of carbonyl (C=O) groups is 3. The van der Waals surface area contributed by atoms with E-state index in [-0.39, 0.29) is 17.7 Å². The van der Waals surface area contributed by atoms with E-state index in [1.54, 1.807) is 0 Å². The number of urea groups is 1. The Labute approximate surface area is 142 Å². The summed E-state index contributed by atoms with van der Waals surface area (Å²) in [6.07, 6.45) is 1.59. The molecule has 3 rings (SSSR count). The molecule has 2 heterocycles. The third-order valence-electron chi connectivity index (χ3n) is 5.12. The van der Waals surface area contributed by atoms with Crippen molar-refractivity contribution in [2.24, 2.45) is 11.8 Å². The highest BCUT2D eigenvalue weighted by molar-refractivity contribution is 6.15. The van der Waals surface area contributed by atoms with E-state index in [0.29, 0.717) is 0 Å². The van der Waals surface area contributed by atoms with Gasteiger partial charge in [-0.05, 0) is 37.4 Å². The summed E-state index contributed by atoms with van der Waals surface area (Å²) >= 11 is 0. The number of hydrogen-bond donors (Lipinski definition) is 0. The van der Waals surface area contributed by atoms with Gasteiger partial charge in [0.25, 0.3) is 0 Å². The number of amides is 4. The van der Waals surface area contributed by atoms with Gasteiger partial charge in [0.15, 0.2) is 0 Å². The van der Waals surface area contributed by atoms with Crippen molar-refractivity contribution in [2.75, 3.05) is 27.2 Å². The maximum atomic E-state index is 12.4. The van der Waals surface area contributed by atoms with E-state index >= 15 is 0 Å². The highest BCUT2D eigenvalue weighted by Gasteiger charge is 2.46. The SMILES string of the molecule is CN1C(=O)C(C2CCN(Cc3ccccc3)CC2)C(=O)N(C)C1=O. The predicted octanol–water partition coefficient (Wildman–Crippen LogP) is 1.57. The lowest BCUT2D eigenvalue weighted by atomic mass is 9.81. The van der Waals surface area contributed by atoms with Crippen LogP contribution in [0.15, 0.2) is 30.3 Å². The Balaban J connectivity index is 1.62. The van der Waals surface area contributed by atoms with E-state index < -0.39 is 11.9 Å². The van der Waals surface area contributed by atoms with Gasteiger partial charge in [-0.2, -0.15) is 0 Å². The zero-order valence-corrected chi connectivity index (χ0v) is 14.1. The van der Waals surface area contributed by atoms with Gasteiger partial charge in [0.05, 0.1) is 0 Å². The van der Waals surface area contributed by atoms with Gasteiger partial charge in [0.1, 0.15) is 5.92 Å². The van der Waals surface area contributed by atoms with Crippen molar-refractivity contribution in [1.82, 2.24) is 14.7 Å². The van der Waals surface area contributed by atoms with Crippen molar-refractivity contribution in [2.45, 2.75) is 19.4 Å². The summed E-state index contributed by atoms with van der Waals surface area (Å²) in [5.41, 5.74) is 1.27. The second-order valence-electron chi connectivity index (χ2n) is 6.65. The lowest BCUT2D eigenvalue weighted by Gasteiger charge is -2.40. The molecule has 1 aromatic rings. The lowest BCUT2D eigenvalue weighted by molar-refractivity contribution is -0.151. The first-order valence-corrected chi connectivity index (χ1v) is 8.34. The van der Waals surface area contributed by atoms with Gasteiger partial charge >= 0.3 is 6.03 Å². The van der Waals surface area contributed by atoms with Crippen LogP contribution in [0, 0.1) is 11.8 Å². The minimum atomic E-state index is -0.712. The van der Waals surface area contributed by atoms with Crippen LogP contribution < -0.4 is 0 Å². The average molecular weight is 329 g/mol. The van der Waals surface area contributed by atoms with Crippen LogP contribution in [0.5, 0.6) is 0 Å².